The van der Waals surface area contributed by atoms with Gasteiger partial charge in [0.2, 0.25) is 0 Å². The van der Waals surface area contributed by atoms with Crippen molar-refractivity contribution < 1.29 is 28.0 Å². The Balaban J connectivity index is -0.000000123. The highest BCUT2D eigenvalue weighted by molar-refractivity contribution is 7.12. The van der Waals surface area contributed by atoms with E-state index in [4.69, 9.17) is 4.42 Å². The van der Waals surface area contributed by atoms with Crippen molar-refractivity contribution in [3.8, 4) is 0 Å². The number of ketones is 4. The monoisotopic (exact) mass is 580 g/mol. The van der Waals surface area contributed by atoms with Crippen molar-refractivity contribution in [2.24, 2.45) is 0 Å². The molecule has 0 spiro atoms. The molecule has 6 nitrogen and oxygen atoms in total. The molecule has 0 aliphatic rings. The average molecular weight is 581 g/mol. The molecule has 0 N–H and O–H groups in total. The molecule has 0 atom stereocenters. The fraction of sp³-hybridized carbons (Fsp3) is 0.355. The van der Waals surface area contributed by atoms with Crippen LogP contribution in [0.2, 0.25) is 0 Å². The molecule has 4 heterocycles. The molecule has 0 bridgehead atoms. The van der Waals surface area contributed by atoms with E-state index >= 15 is 0 Å². The quantitative estimate of drug-likeness (QED) is 0.223. The van der Waals surface area contributed by atoms with Crippen molar-refractivity contribution >= 4 is 45.8 Å². The third kappa shape index (κ3) is 22.3. The first-order chi connectivity index (χ1) is 16.6. The fourth-order valence-corrected chi connectivity index (χ4v) is 3.21. The van der Waals surface area contributed by atoms with Gasteiger partial charge in [0.25, 0.3) is 0 Å². The number of Topliss-reactive ketones (excluding diaryl/α,β-unsaturated/α-hetero) is 4. The van der Waals surface area contributed by atoms with E-state index in [1.807, 2.05) is 34.3 Å². The minimum absolute atomic E-state index is 0. The zero-order valence-corrected chi connectivity index (χ0v) is 22.5. The van der Waals surface area contributed by atoms with Gasteiger partial charge < -0.3 is 8.83 Å². The number of carbonyl (C=O) groups is 4. The topological polar surface area (TPSA) is 94.6 Å². The maximum Gasteiger partial charge on any atom is 0.194 e. The van der Waals surface area contributed by atoms with Gasteiger partial charge >= 0.3 is 0 Å². The predicted molar refractivity (Wildman–Crippen MR) is 169 cm³/mol. The molecular formula is C31H48O6S2. The van der Waals surface area contributed by atoms with Gasteiger partial charge in [-0.2, -0.15) is 11.3 Å². The van der Waals surface area contributed by atoms with E-state index in [-0.39, 0.29) is 52.8 Å². The van der Waals surface area contributed by atoms with Crippen LogP contribution in [0, 0.1) is 0 Å². The van der Waals surface area contributed by atoms with Crippen LogP contribution >= 0.6 is 22.7 Å². The molecule has 0 saturated heterocycles. The first kappa shape index (κ1) is 45.6. The summed E-state index contributed by atoms with van der Waals surface area (Å²) >= 11 is 3.03. The van der Waals surface area contributed by atoms with Gasteiger partial charge in [-0.1, -0.05) is 56.0 Å². The second-order valence-electron chi connectivity index (χ2n) is 6.91. The summed E-state index contributed by atoms with van der Waals surface area (Å²) in [5.41, 5.74) is 1.44. The highest BCUT2D eigenvalue weighted by atomic mass is 32.1. The summed E-state index contributed by atoms with van der Waals surface area (Å²) in [6, 6.07) is 10.5. The van der Waals surface area contributed by atoms with Gasteiger partial charge in [0.05, 0.1) is 23.0 Å². The third-order valence-electron chi connectivity index (χ3n) is 3.59. The Bertz CT molecular complexity index is 900. The number of rotatable bonds is 4. The zero-order chi connectivity index (χ0) is 26.6. The van der Waals surface area contributed by atoms with Crippen molar-refractivity contribution in [3.63, 3.8) is 0 Å². The Hall–Kier alpha value is -3.36. The lowest BCUT2D eigenvalue weighted by Gasteiger charge is -1.80. The van der Waals surface area contributed by atoms with Gasteiger partial charge in [-0.25, -0.2) is 0 Å². The third-order valence-corrected chi connectivity index (χ3v) is 5.25. The van der Waals surface area contributed by atoms with Crippen molar-refractivity contribution in [1.82, 2.24) is 0 Å². The molecule has 0 aliphatic carbocycles. The summed E-state index contributed by atoms with van der Waals surface area (Å²) < 4.78 is 9.40. The number of furan rings is 2. The first-order valence-electron chi connectivity index (χ1n) is 10.8. The average Bonchev–Trinajstić information content (AvgIpc) is 3.63. The highest BCUT2D eigenvalue weighted by Crippen LogP contribution is 2.08. The first-order valence-corrected chi connectivity index (χ1v) is 12.6. The lowest BCUT2D eigenvalue weighted by molar-refractivity contribution is 0.0983. The molecule has 0 radical (unpaired) electrons. The second-order valence-corrected chi connectivity index (χ2v) is 8.64. The molecule has 0 aliphatic heterocycles. The largest absolute Gasteiger partial charge is 0.472 e. The van der Waals surface area contributed by atoms with Gasteiger partial charge in [0, 0.05) is 17.9 Å². The van der Waals surface area contributed by atoms with E-state index in [1.165, 1.54) is 50.4 Å². The summed E-state index contributed by atoms with van der Waals surface area (Å²) in [4.78, 5) is 42.7. The van der Waals surface area contributed by atoms with Crippen molar-refractivity contribution in [3.05, 3.63) is 93.1 Å². The van der Waals surface area contributed by atoms with Gasteiger partial charge in [0.1, 0.15) is 6.26 Å². The standard InChI is InChI=1S/2C6H6O2.2C6H6OS.C3H8.4CH4/c1-5(7)6-2-3-8-4-6;1-5(7)6-3-2-4-8-6;1-5(7)6-2-3-8-4-6;1-5(7)6-3-2-4-8-6;1-3-2;;;;/h4*2-4H,1H3;3H2,1-2H3;4*1H4. The van der Waals surface area contributed by atoms with E-state index < -0.39 is 0 Å². The van der Waals surface area contributed by atoms with E-state index in [1.54, 1.807) is 43.4 Å². The molecule has 0 unspecified atom stereocenters. The van der Waals surface area contributed by atoms with Crippen LogP contribution in [0.3, 0.4) is 0 Å². The summed E-state index contributed by atoms with van der Waals surface area (Å²) in [6.45, 7) is 10.4. The second kappa shape index (κ2) is 27.7. The Kier molecular flexibility index (Phi) is 32.3. The molecule has 4 rings (SSSR count). The normalized spacial score (nSPS) is 7.95. The number of hydrogen-bond acceptors (Lipinski definition) is 8. The summed E-state index contributed by atoms with van der Waals surface area (Å²) in [5, 5.41) is 5.65. The van der Waals surface area contributed by atoms with Crippen LogP contribution in [0.25, 0.3) is 0 Å². The van der Waals surface area contributed by atoms with Crippen molar-refractivity contribution in [1.29, 1.82) is 0 Å². The zero-order valence-electron chi connectivity index (χ0n) is 20.9. The maximum absolute atomic E-state index is 10.5. The van der Waals surface area contributed by atoms with E-state index in [9.17, 15) is 19.2 Å². The van der Waals surface area contributed by atoms with Crippen molar-refractivity contribution in [2.75, 3.05) is 0 Å². The van der Waals surface area contributed by atoms with Gasteiger partial charge in [-0.3, -0.25) is 19.2 Å². The Morgan fingerprint density at radius 3 is 1.49 bits per heavy atom. The Labute approximate surface area is 244 Å². The number of carbonyl (C=O) groups excluding carboxylic acids is 4. The van der Waals surface area contributed by atoms with Crippen molar-refractivity contribution in [2.45, 2.75) is 77.7 Å². The predicted octanol–water partition coefficient (Wildman–Crippen LogP) is 10.8. The van der Waals surface area contributed by atoms with Crippen LogP contribution in [0.5, 0.6) is 0 Å². The molecule has 4 aromatic rings. The summed E-state index contributed by atoms with van der Waals surface area (Å²) in [6.07, 6.45) is 5.65. The van der Waals surface area contributed by atoms with Gasteiger partial charge in [-0.15, -0.1) is 11.3 Å². The van der Waals surface area contributed by atoms with E-state index in [2.05, 4.69) is 18.3 Å². The molecule has 0 aromatic carbocycles. The molecule has 4 aromatic heterocycles. The molecule has 39 heavy (non-hydrogen) atoms. The molecule has 8 heteroatoms. The molecule has 220 valence electrons. The number of hydrogen-bond donors (Lipinski definition) is 0. The summed E-state index contributed by atoms with van der Waals surface area (Å²) in [5.74, 6) is 0.727. The van der Waals surface area contributed by atoms with Crippen LogP contribution in [-0.2, 0) is 0 Å². The van der Waals surface area contributed by atoms with Crippen LogP contribution in [0.4, 0.5) is 0 Å². The fourth-order valence-electron chi connectivity index (χ4n) is 1.89. The van der Waals surface area contributed by atoms with Crippen LogP contribution in [0.15, 0.2) is 80.2 Å². The molecule has 0 saturated carbocycles. The molecule has 0 fully saturated rings. The van der Waals surface area contributed by atoms with Crippen LogP contribution in [0.1, 0.15) is 119 Å². The smallest absolute Gasteiger partial charge is 0.194 e. The minimum atomic E-state index is -0.0324. The minimum Gasteiger partial charge on any atom is -0.472 e. The molecular weight excluding hydrogens is 532 g/mol. The van der Waals surface area contributed by atoms with Gasteiger partial charge in [-0.05, 0) is 61.9 Å². The van der Waals surface area contributed by atoms with Gasteiger partial charge in [0.15, 0.2) is 28.9 Å². The highest BCUT2D eigenvalue weighted by Gasteiger charge is 1.98. The number of thiophene rings is 2. The van der Waals surface area contributed by atoms with E-state index in [0.717, 1.165) is 10.4 Å². The lowest BCUT2D eigenvalue weighted by atomic mass is 10.2. The van der Waals surface area contributed by atoms with E-state index in [0.29, 0.717) is 11.3 Å². The molecule has 0 amide bonds. The summed E-state index contributed by atoms with van der Waals surface area (Å²) in [7, 11) is 0. The van der Waals surface area contributed by atoms with Crippen LogP contribution in [-0.4, -0.2) is 23.1 Å². The SMILES string of the molecule is C.C.C.C.CC(=O)c1ccco1.CC(=O)c1cccs1.CC(=O)c1ccoc1.CC(=O)c1ccsc1.CCC. The Morgan fingerprint density at radius 2 is 1.28 bits per heavy atom. The Morgan fingerprint density at radius 1 is 0.692 bits per heavy atom. The lowest BCUT2D eigenvalue weighted by Crippen LogP contribution is -1.85. The maximum atomic E-state index is 10.5. The van der Waals surface area contributed by atoms with Crippen LogP contribution < -0.4 is 0 Å².